The van der Waals surface area contributed by atoms with E-state index in [0.717, 1.165) is 16.3 Å². The molecule has 0 fully saturated rings. The molecule has 1 aliphatic heterocycles. The molecular weight excluding hydrogens is 286 g/mol. The van der Waals surface area contributed by atoms with Crippen molar-refractivity contribution in [2.75, 3.05) is 0 Å². The van der Waals surface area contributed by atoms with Gasteiger partial charge in [-0.1, -0.05) is 42.5 Å². The normalized spacial score (nSPS) is 17.9. The van der Waals surface area contributed by atoms with Gasteiger partial charge in [-0.2, -0.15) is 8.42 Å². The minimum atomic E-state index is -2.52. The molecule has 4 nitrogen and oxygen atoms in total. The molecule has 1 atom stereocenters. The predicted octanol–water partition coefficient (Wildman–Crippen LogP) is 1.23. The number of hydroxylamine groups is 2. The van der Waals surface area contributed by atoms with Crippen LogP contribution < -0.4 is 5.06 Å². The molecule has 0 saturated heterocycles. The molecule has 2 aromatic carbocycles. The zero-order chi connectivity index (χ0) is 14.8. The number of quaternary nitrogens is 1. The Morgan fingerprint density at radius 1 is 1.05 bits per heavy atom. The monoisotopic (exact) mass is 299 g/mol. The summed E-state index contributed by atoms with van der Waals surface area (Å²) in [6.07, 6.45) is 4.98. The van der Waals surface area contributed by atoms with Crippen molar-refractivity contribution in [2.45, 2.75) is 6.42 Å². The van der Waals surface area contributed by atoms with Crippen LogP contribution in [0.1, 0.15) is 5.56 Å². The standard InChI is InChI=1S/C16H13NO3S/c18-17-10-4-8-14(16(17)21(19)20)11-13-7-3-6-12-5-1-2-9-15(12)13/h1-10,17H,11H2. The third kappa shape index (κ3) is 2.67. The van der Waals surface area contributed by atoms with E-state index in [1.54, 1.807) is 12.2 Å². The van der Waals surface area contributed by atoms with Crippen LogP contribution in [0.15, 0.2) is 66.4 Å². The summed E-state index contributed by atoms with van der Waals surface area (Å²) >= 11 is 0. The maximum atomic E-state index is 11.7. The molecule has 5 heteroatoms. The molecule has 1 heterocycles. The average Bonchev–Trinajstić information content (AvgIpc) is 2.47. The molecular formula is C16H13NO3S. The van der Waals surface area contributed by atoms with Crippen molar-refractivity contribution in [1.82, 2.24) is 0 Å². The van der Waals surface area contributed by atoms with Gasteiger partial charge in [0.1, 0.15) is 6.20 Å². The van der Waals surface area contributed by atoms with Gasteiger partial charge in [-0.25, -0.2) is 0 Å². The lowest BCUT2D eigenvalue weighted by atomic mass is 9.97. The van der Waals surface area contributed by atoms with Gasteiger partial charge >= 0.3 is 0 Å². The van der Waals surface area contributed by atoms with E-state index in [0.29, 0.717) is 12.0 Å². The Hall–Kier alpha value is -2.21. The Labute approximate surface area is 123 Å². The Kier molecular flexibility index (Phi) is 3.70. The van der Waals surface area contributed by atoms with Gasteiger partial charge in [0, 0.05) is 12.0 Å². The number of fused-ring (bicyclic) bond motifs is 1. The summed E-state index contributed by atoms with van der Waals surface area (Å²) in [6, 6.07) is 13.8. The summed E-state index contributed by atoms with van der Waals surface area (Å²) in [6.45, 7) is 0. The van der Waals surface area contributed by atoms with Gasteiger partial charge < -0.3 is 10.3 Å². The molecule has 1 unspecified atom stereocenters. The predicted molar refractivity (Wildman–Crippen MR) is 83.1 cm³/mol. The fourth-order valence-corrected chi connectivity index (χ4v) is 3.13. The summed E-state index contributed by atoms with van der Waals surface area (Å²) in [5.74, 6) is 0. The van der Waals surface area contributed by atoms with Crippen molar-refractivity contribution in [3.63, 3.8) is 0 Å². The Morgan fingerprint density at radius 3 is 2.62 bits per heavy atom. The lowest BCUT2D eigenvalue weighted by Crippen LogP contribution is -3.06. The number of benzene rings is 2. The second-order valence-electron chi connectivity index (χ2n) is 4.79. The molecule has 0 aliphatic carbocycles. The average molecular weight is 299 g/mol. The number of hydrogen-bond donors (Lipinski definition) is 1. The van der Waals surface area contributed by atoms with E-state index in [2.05, 4.69) is 0 Å². The molecule has 0 amide bonds. The van der Waals surface area contributed by atoms with Crippen LogP contribution in [0.4, 0.5) is 0 Å². The highest BCUT2D eigenvalue weighted by Gasteiger charge is 2.19. The van der Waals surface area contributed by atoms with E-state index in [9.17, 15) is 13.6 Å². The maximum absolute atomic E-state index is 11.7. The van der Waals surface area contributed by atoms with E-state index in [4.69, 9.17) is 0 Å². The highest BCUT2D eigenvalue weighted by molar-refractivity contribution is 7.72. The molecule has 1 N–H and O–H groups in total. The number of nitrogens with one attached hydrogen (secondary N) is 1. The highest BCUT2D eigenvalue weighted by atomic mass is 32.2. The molecule has 0 radical (unpaired) electrons. The molecule has 1 aliphatic rings. The number of rotatable bonds is 2. The highest BCUT2D eigenvalue weighted by Crippen LogP contribution is 2.21. The summed E-state index contributed by atoms with van der Waals surface area (Å²) in [5.41, 5.74) is 1.54. The molecule has 106 valence electrons. The first-order valence-electron chi connectivity index (χ1n) is 6.51. The van der Waals surface area contributed by atoms with E-state index in [1.807, 2.05) is 42.5 Å². The first-order valence-corrected chi connectivity index (χ1v) is 7.59. The van der Waals surface area contributed by atoms with E-state index < -0.39 is 15.4 Å². The Morgan fingerprint density at radius 2 is 1.81 bits per heavy atom. The van der Waals surface area contributed by atoms with Crippen LogP contribution in [0.3, 0.4) is 0 Å². The summed E-state index contributed by atoms with van der Waals surface area (Å²) in [7, 11) is -2.52. The number of hydrogen-bond acceptors (Lipinski definition) is 3. The van der Waals surface area contributed by atoms with Gasteiger partial charge in [0.25, 0.3) is 15.3 Å². The van der Waals surface area contributed by atoms with Crippen molar-refractivity contribution in [1.29, 1.82) is 0 Å². The Bertz CT molecular complexity index is 881. The van der Waals surface area contributed by atoms with Gasteiger partial charge in [-0.3, -0.25) is 0 Å². The minimum Gasteiger partial charge on any atom is -0.623 e. The first kappa shape index (κ1) is 13.8. The molecule has 0 aromatic heterocycles. The fourth-order valence-electron chi connectivity index (χ4n) is 2.54. The fraction of sp³-hybridized carbons (Fsp3) is 0.0625. The third-order valence-corrected chi connectivity index (χ3v) is 4.28. The van der Waals surface area contributed by atoms with Gasteiger partial charge in [0.15, 0.2) is 0 Å². The summed E-state index contributed by atoms with van der Waals surface area (Å²) in [5, 5.41) is 13.4. The number of allylic oxidation sites excluding steroid dienone is 2. The van der Waals surface area contributed by atoms with Gasteiger partial charge in [0.2, 0.25) is 0 Å². The van der Waals surface area contributed by atoms with Crippen LogP contribution in [0.2, 0.25) is 0 Å². The van der Waals surface area contributed by atoms with Crippen molar-refractivity contribution in [3.05, 3.63) is 77.2 Å². The van der Waals surface area contributed by atoms with E-state index in [1.165, 1.54) is 6.20 Å². The van der Waals surface area contributed by atoms with Crippen molar-refractivity contribution < 1.29 is 13.5 Å². The SMILES string of the molecule is O=S(=O)=C1C(Cc2cccc3ccccc23)=CC=C[NH+]1[O-]. The minimum absolute atomic E-state index is 0.134. The Balaban J connectivity index is 2.08. The maximum Gasteiger partial charge on any atom is 0.277 e. The van der Waals surface area contributed by atoms with Gasteiger partial charge in [-0.15, -0.1) is 0 Å². The van der Waals surface area contributed by atoms with Crippen molar-refractivity contribution in [3.8, 4) is 0 Å². The van der Waals surface area contributed by atoms with Crippen LogP contribution in [0, 0.1) is 5.21 Å². The molecule has 21 heavy (non-hydrogen) atoms. The second kappa shape index (κ2) is 5.65. The molecule has 0 bridgehead atoms. The van der Waals surface area contributed by atoms with E-state index >= 15 is 0 Å². The van der Waals surface area contributed by atoms with Crippen LogP contribution in [-0.4, -0.2) is 13.4 Å². The van der Waals surface area contributed by atoms with E-state index in [-0.39, 0.29) is 4.99 Å². The topological polar surface area (TPSA) is 61.6 Å². The summed E-state index contributed by atoms with van der Waals surface area (Å²) < 4.78 is 22.6. The van der Waals surface area contributed by atoms with Crippen molar-refractivity contribution >= 4 is 26.1 Å². The second-order valence-corrected chi connectivity index (χ2v) is 5.67. The molecule has 3 rings (SSSR count). The van der Waals surface area contributed by atoms with Crippen LogP contribution in [0.5, 0.6) is 0 Å². The van der Waals surface area contributed by atoms with Crippen LogP contribution in [-0.2, 0) is 16.7 Å². The van der Waals surface area contributed by atoms with Gasteiger partial charge in [-0.05, 0) is 28.5 Å². The summed E-state index contributed by atoms with van der Waals surface area (Å²) in [4.78, 5) is -0.134. The van der Waals surface area contributed by atoms with Crippen LogP contribution >= 0.6 is 0 Å². The van der Waals surface area contributed by atoms with Crippen LogP contribution in [0.25, 0.3) is 10.8 Å². The third-order valence-electron chi connectivity index (χ3n) is 3.49. The lowest BCUT2D eigenvalue weighted by molar-refractivity contribution is -0.680. The van der Waals surface area contributed by atoms with Gasteiger partial charge in [0.05, 0.1) is 0 Å². The smallest absolute Gasteiger partial charge is 0.277 e. The molecule has 0 saturated carbocycles. The molecule has 0 spiro atoms. The zero-order valence-corrected chi connectivity index (χ0v) is 11.9. The lowest BCUT2D eigenvalue weighted by Gasteiger charge is -2.21. The zero-order valence-electron chi connectivity index (χ0n) is 11.1. The first-order chi connectivity index (χ1) is 10.2. The van der Waals surface area contributed by atoms with Crippen molar-refractivity contribution in [2.24, 2.45) is 0 Å². The quantitative estimate of drug-likeness (QED) is 0.670. The molecule has 2 aromatic rings. The largest absolute Gasteiger partial charge is 0.623 e.